The maximum absolute atomic E-state index is 13.8. The summed E-state index contributed by atoms with van der Waals surface area (Å²) in [5, 5.41) is 0. The Morgan fingerprint density at radius 1 is 0.852 bits per heavy atom. The van der Waals surface area contributed by atoms with Gasteiger partial charge in [0.15, 0.2) is 0 Å². The summed E-state index contributed by atoms with van der Waals surface area (Å²) in [5.41, 5.74) is -0.710. The first-order valence-corrected chi connectivity index (χ1v) is 9.34. The molecule has 0 saturated carbocycles. The summed E-state index contributed by atoms with van der Waals surface area (Å²) in [6, 6.07) is 5.16. The fourth-order valence-corrected chi connectivity index (χ4v) is 4.28. The Bertz CT molecular complexity index is 969. The highest BCUT2D eigenvalue weighted by atomic mass is 32.2. The summed E-state index contributed by atoms with van der Waals surface area (Å²) in [4.78, 5) is 12.8. The Labute approximate surface area is 152 Å². The highest BCUT2D eigenvalue weighted by Crippen LogP contribution is 2.22. The normalized spacial score (nSPS) is 15.8. The molecule has 0 spiro atoms. The van der Waals surface area contributed by atoms with E-state index in [0.717, 1.165) is 39.5 Å². The minimum Gasteiger partial charge on any atom is -0.336 e. The summed E-state index contributed by atoms with van der Waals surface area (Å²) in [5.74, 6) is -5.04. The number of piperazine rings is 1. The smallest absolute Gasteiger partial charge is 0.259 e. The van der Waals surface area contributed by atoms with Crippen LogP contribution in [0, 0.1) is 23.3 Å². The Balaban J connectivity index is 1.76. The molecule has 27 heavy (non-hydrogen) atoms. The van der Waals surface area contributed by atoms with Crippen molar-refractivity contribution in [2.75, 3.05) is 26.2 Å². The maximum atomic E-state index is 13.8. The summed E-state index contributed by atoms with van der Waals surface area (Å²) >= 11 is 0. The zero-order valence-corrected chi connectivity index (χ0v) is 14.6. The van der Waals surface area contributed by atoms with Crippen molar-refractivity contribution in [1.82, 2.24) is 9.21 Å². The van der Waals surface area contributed by atoms with Crippen molar-refractivity contribution in [3.63, 3.8) is 0 Å². The molecule has 5 nitrogen and oxygen atoms in total. The molecule has 0 aliphatic carbocycles. The number of hydrogen-bond donors (Lipinski definition) is 0. The van der Waals surface area contributed by atoms with Crippen LogP contribution >= 0.6 is 0 Å². The summed E-state index contributed by atoms with van der Waals surface area (Å²) in [6.45, 7) is -0.648. The third kappa shape index (κ3) is 3.67. The quantitative estimate of drug-likeness (QED) is 0.741. The molecule has 1 fully saturated rings. The van der Waals surface area contributed by atoms with Crippen molar-refractivity contribution in [1.29, 1.82) is 0 Å². The lowest BCUT2D eigenvalue weighted by Crippen LogP contribution is -2.50. The molecule has 1 amide bonds. The Hall–Kier alpha value is -2.46. The lowest BCUT2D eigenvalue weighted by atomic mass is 10.1. The molecule has 3 rings (SSSR count). The molecular formula is C17H14F4N2O3S. The van der Waals surface area contributed by atoms with E-state index >= 15 is 0 Å². The minimum atomic E-state index is -4.23. The van der Waals surface area contributed by atoms with Gasteiger partial charge in [-0.3, -0.25) is 4.79 Å². The largest absolute Gasteiger partial charge is 0.336 e. The van der Waals surface area contributed by atoms with Crippen LogP contribution in [-0.4, -0.2) is 49.7 Å². The van der Waals surface area contributed by atoms with Crippen molar-refractivity contribution < 1.29 is 30.8 Å². The fraction of sp³-hybridized carbons (Fsp3) is 0.235. The zero-order valence-electron chi connectivity index (χ0n) is 13.8. The fourth-order valence-electron chi connectivity index (χ4n) is 2.82. The molecule has 0 aromatic heterocycles. The monoisotopic (exact) mass is 402 g/mol. The van der Waals surface area contributed by atoms with E-state index in [1.54, 1.807) is 0 Å². The number of halogens is 4. The number of sulfonamides is 1. The van der Waals surface area contributed by atoms with E-state index in [1.807, 2.05) is 0 Å². The summed E-state index contributed by atoms with van der Waals surface area (Å²) in [6.07, 6.45) is 0. The predicted molar refractivity (Wildman–Crippen MR) is 87.4 cm³/mol. The molecule has 144 valence electrons. The highest BCUT2D eigenvalue weighted by molar-refractivity contribution is 7.89. The molecule has 2 aromatic carbocycles. The molecule has 2 aromatic rings. The van der Waals surface area contributed by atoms with Crippen LogP contribution in [0.4, 0.5) is 17.6 Å². The lowest BCUT2D eigenvalue weighted by molar-refractivity contribution is 0.0688. The topological polar surface area (TPSA) is 57.7 Å². The Morgan fingerprint density at radius 2 is 1.44 bits per heavy atom. The molecule has 0 radical (unpaired) electrons. The molecule has 1 saturated heterocycles. The summed E-state index contributed by atoms with van der Waals surface area (Å²) < 4.78 is 80.3. The molecule has 1 aliphatic rings. The van der Waals surface area contributed by atoms with Gasteiger partial charge in [-0.25, -0.2) is 26.0 Å². The molecule has 10 heteroatoms. The van der Waals surface area contributed by atoms with E-state index < -0.39 is 49.7 Å². The predicted octanol–water partition coefficient (Wildman–Crippen LogP) is 2.39. The minimum absolute atomic E-state index is 0.130. The molecular weight excluding hydrogens is 388 g/mol. The van der Waals surface area contributed by atoms with Crippen molar-refractivity contribution in [3.8, 4) is 0 Å². The van der Waals surface area contributed by atoms with Crippen molar-refractivity contribution in [2.45, 2.75) is 4.90 Å². The Kier molecular flexibility index (Phi) is 5.20. The second-order valence-corrected chi connectivity index (χ2v) is 7.77. The van der Waals surface area contributed by atoms with Crippen LogP contribution in [0.15, 0.2) is 41.3 Å². The van der Waals surface area contributed by atoms with Crippen LogP contribution in [0.2, 0.25) is 0 Å². The zero-order chi connectivity index (χ0) is 19.8. The van der Waals surface area contributed by atoms with E-state index in [2.05, 4.69) is 0 Å². The van der Waals surface area contributed by atoms with Crippen molar-refractivity contribution in [2.24, 2.45) is 0 Å². The molecule has 1 aliphatic heterocycles. The number of carbonyl (C=O) groups excluding carboxylic acids is 1. The Morgan fingerprint density at radius 3 is 2.00 bits per heavy atom. The SMILES string of the molecule is O=C(c1c(F)cccc1F)N1CCN(S(=O)(=O)c2ccc(F)cc2F)CC1. The van der Waals surface area contributed by atoms with Gasteiger partial charge in [-0.1, -0.05) is 6.07 Å². The molecule has 0 atom stereocenters. The number of nitrogens with zero attached hydrogens (tertiary/aromatic N) is 2. The highest BCUT2D eigenvalue weighted by Gasteiger charge is 2.33. The van der Waals surface area contributed by atoms with Crippen LogP contribution in [-0.2, 0) is 10.0 Å². The second-order valence-electron chi connectivity index (χ2n) is 5.87. The van der Waals surface area contributed by atoms with Crippen molar-refractivity contribution >= 4 is 15.9 Å². The molecule has 0 N–H and O–H groups in total. The van der Waals surface area contributed by atoms with E-state index in [4.69, 9.17) is 0 Å². The third-order valence-electron chi connectivity index (χ3n) is 4.21. The van der Waals surface area contributed by atoms with E-state index in [9.17, 15) is 30.8 Å². The van der Waals surface area contributed by atoms with Gasteiger partial charge in [0.25, 0.3) is 5.91 Å². The second kappa shape index (κ2) is 7.28. The van der Waals surface area contributed by atoms with Gasteiger partial charge in [0.05, 0.1) is 0 Å². The number of rotatable bonds is 3. The van der Waals surface area contributed by atoms with Gasteiger partial charge in [-0.05, 0) is 24.3 Å². The van der Waals surface area contributed by atoms with E-state index in [0.29, 0.717) is 6.07 Å². The van der Waals surface area contributed by atoms with Crippen LogP contribution in [0.5, 0.6) is 0 Å². The molecule has 0 bridgehead atoms. The van der Waals surface area contributed by atoms with Crippen LogP contribution in [0.1, 0.15) is 10.4 Å². The number of carbonyl (C=O) groups is 1. The van der Waals surface area contributed by atoms with Gasteiger partial charge in [0, 0.05) is 32.2 Å². The van der Waals surface area contributed by atoms with Gasteiger partial charge in [-0.15, -0.1) is 0 Å². The van der Waals surface area contributed by atoms with Crippen molar-refractivity contribution in [3.05, 3.63) is 65.2 Å². The average Bonchev–Trinajstić information content (AvgIpc) is 2.61. The molecule has 0 unspecified atom stereocenters. The average molecular weight is 402 g/mol. The van der Waals surface area contributed by atoms with Crippen LogP contribution < -0.4 is 0 Å². The van der Waals surface area contributed by atoms with E-state index in [-0.39, 0.29) is 26.2 Å². The van der Waals surface area contributed by atoms with Gasteiger partial charge in [0.1, 0.15) is 33.7 Å². The van der Waals surface area contributed by atoms with Gasteiger partial charge >= 0.3 is 0 Å². The number of amides is 1. The van der Waals surface area contributed by atoms with Gasteiger partial charge < -0.3 is 4.90 Å². The molecule has 1 heterocycles. The maximum Gasteiger partial charge on any atom is 0.259 e. The number of hydrogen-bond acceptors (Lipinski definition) is 3. The van der Waals surface area contributed by atoms with Crippen LogP contribution in [0.25, 0.3) is 0 Å². The first-order chi connectivity index (χ1) is 12.7. The lowest BCUT2D eigenvalue weighted by Gasteiger charge is -2.34. The first kappa shape index (κ1) is 19.3. The van der Waals surface area contributed by atoms with Gasteiger partial charge in [0.2, 0.25) is 10.0 Å². The number of benzene rings is 2. The van der Waals surface area contributed by atoms with E-state index in [1.165, 1.54) is 0 Å². The van der Waals surface area contributed by atoms with Crippen LogP contribution in [0.3, 0.4) is 0 Å². The summed E-state index contributed by atoms with van der Waals surface area (Å²) in [7, 11) is -4.23. The van der Waals surface area contributed by atoms with Gasteiger partial charge in [-0.2, -0.15) is 4.31 Å². The first-order valence-electron chi connectivity index (χ1n) is 7.90. The third-order valence-corrected chi connectivity index (χ3v) is 6.15. The standard InChI is InChI=1S/C17H14F4N2O3S/c18-11-4-5-15(14(21)10-11)27(25,26)23-8-6-22(7-9-23)17(24)16-12(19)2-1-3-13(16)20/h1-5,10H,6-9H2.